The lowest BCUT2D eigenvalue weighted by atomic mass is 10.1. The van der Waals surface area contributed by atoms with Crippen LogP contribution in [0.3, 0.4) is 0 Å². The summed E-state index contributed by atoms with van der Waals surface area (Å²) in [7, 11) is 1.31. The molecule has 22 heavy (non-hydrogen) atoms. The number of anilines is 1. The predicted octanol–water partition coefficient (Wildman–Crippen LogP) is 2.63. The summed E-state index contributed by atoms with van der Waals surface area (Å²) in [6.07, 6.45) is 1.65. The van der Waals surface area contributed by atoms with Crippen LogP contribution in [0.1, 0.15) is 30.5 Å². The first-order valence-electron chi connectivity index (χ1n) is 7.95. The number of nitrogens with zero attached hydrogens (tertiary/aromatic N) is 1. The molecule has 124 valence electrons. The summed E-state index contributed by atoms with van der Waals surface area (Å²) < 4.78 is 29.6. The maximum absolute atomic E-state index is 12.5. The summed E-state index contributed by atoms with van der Waals surface area (Å²) >= 11 is 0. The van der Waals surface area contributed by atoms with Gasteiger partial charge in [0.1, 0.15) is 11.9 Å². The third-order valence-electron chi connectivity index (χ3n) is 3.92. The fourth-order valence-corrected chi connectivity index (χ4v) is 2.58. The smallest absolute Gasteiger partial charge is 0.265 e. The topological polar surface area (TPSA) is 46.2 Å². The minimum atomic E-state index is -2.44. The number of hydrogen-bond acceptors (Lipinski definition) is 4. The molecule has 2 heterocycles. The second kappa shape index (κ2) is 9.00. The van der Waals surface area contributed by atoms with E-state index >= 15 is 0 Å². The zero-order chi connectivity index (χ0) is 15.8. The first-order chi connectivity index (χ1) is 10.7. The van der Waals surface area contributed by atoms with Gasteiger partial charge in [-0.2, -0.15) is 0 Å². The molecule has 4 nitrogen and oxygen atoms in total. The molecule has 1 aliphatic rings. The van der Waals surface area contributed by atoms with Crippen LogP contribution in [0.5, 0.6) is 0 Å². The summed E-state index contributed by atoms with van der Waals surface area (Å²) in [4.78, 5) is 4.65. The molecule has 0 spiro atoms. The Morgan fingerprint density at radius 2 is 2.23 bits per heavy atom. The number of alkyl halides is 2. The lowest BCUT2D eigenvalue weighted by molar-refractivity contribution is -0.0308. The maximum atomic E-state index is 12.5. The Balaban J connectivity index is 1.63. The summed E-state index contributed by atoms with van der Waals surface area (Å²) in [6.45, 7) is 1.91. The third kappa shape index (κ3) is 5.18. The van der Waals surface area contributed by atoms with Crippen LogP contribution in [-0.4, -0.2) is 44.3 Å². The Morgan fingerprint density at radius 1 is 1.36 bits per heavy atom. The van der Waals surface area contributed by atoms with Crippen LogP contribution in [0.2, 0.25) is 0 Å². The number of ether oxygens (including phenoxy) is 1. The number of aromatic nitrogens is 1. The van der Waals surface area contributed by atoms with Crippen molar-refractivity contribution in [1.29, 1.82) is 0 Å². The van der Waals surface area contributed by atoms with E-state index in [-0.39, 0.29) is 6.54 Å². The molecule has 1 aromatic rings. The quantitative estimate of drug-likeness (QED) is 0.688. The molecule has 0 amide bonds. The molecule has 0 saturated heterocycles. The molecule has 2 rings (SSSR count). The van der Waals surface area contributed by atoms with Gasteiger partial charge in [0.2, 0.25) is 0 Å². The molecule has 1 atom stereocenters. The Morgan fingerprint density at radius 3 is 3.00 bits per heavy atom. The summed E-state index contributed by atoms with van der Waals surface area (Å²) in [5.74, 6) is 1.03. The predicted molar refractivity (Wildman–Crippen MR) is 83.7 cm³/mol. The Kier molecular flexibility index (Phi) is 6.99. The van der Waals surface area contributed by atoms with Gasteiger partial charge >= 0.3 is 0 Å². The summed E-state index contributed by atoms with van der Waals surface area (Å²) in [6, 6.07) is 4.25. The maximum Gasteiger partial charge on any atom is 0.265 e. The van der Waals surface area contributed by atoms with Crippen LogP contribution in [0.25, 0.3) is 0 Å². The van der Waals surface area contributed by atoms with Crippen LogP contribution in [0, 0.1) is 0 Å². The highest BCUT2D eigenvalue weighted by Crippen LogP contribution is 2.20. The van der Waals surface area contributed by atoms with E-state index in [0.29, 0.717) is 0 Å². The van der Waals surface area contributed by atoms with Crippen LogP contribution in [0.15, 0.2) is 12.1 Å². The Hall–Kier alpha value is -1.27. The number of aryl methyl sites for hydroxylation is 2. The van der Waals surface area contributed by atoms with Crippen molar-refractivity contribution in [3.63, 3.8) is 0 Å². The van der Waals surface area contributed by atoms with Gasteiger partial charge in [-0.15, -0.1) is 0 Å². The second-order valence-electron chi connectivity index (χ2n) is 5.61. The highest BCUT2D eigenvalue weighted by Gasteiger charge is 2.18. The number of unbranched alkanes of at least 4 members (excludes halogenated alkanes) is 1. The van der Waals surface area contributed by atoms with Gasteiger partial charge in [-0.1, -0.05) is 6.07 Å². The van der Waals surface area contributed by atoms with Crippen LogP contribution in [-0.2, 0) is 17.6 Å². The summed E-state index contributed by atoms with van der Waals surface area (Å²) in [5.41, 5.74) is 2.39. The monoisotopic (exact) mass is 313 g/mol. The van der Waals surface area contributed by atoms with Crippen LogP contribution >= 0.6 is 0 Å². The van der Waals surface area contributed by atoms with E-state index < -0.39 is 12.5 Å². The van der Waals surface area contributed by atoms with E-state index in [1.54, 1.807) is 0 Å². The van der Waals surface area contributed by atoms with Crippen molar-refractivity contribution in [2.45, 2.75) is 44.6 Å². The number of rotatable bonds is 9. The van der Waals surface area contributed by atoms with Crippen molar-refractivity contribution in [2.75, 3.05) is 32.1 Å². The average molecular weight is 313 g/mol. The fourth-order valence-electron chi connectivity index (χ4n) is 2.58. The minimum Gasteiger partial charge on any atom is -0.374 e. The normalized spacial score (nSPS) is 15.5. The number of nitrogens with one attached hydrogen (secondary N) is 2. The van der Waals surface area contributed by atoms with E-state index in [4.69, 9.17) is 4.74 Å². The SMILES string of the molecule is COC(CNCCCCc1ccc2c(n1)NCCC2)C(F)F. The molecule has 0 radical (unpaired) electrons. The Bertz CT molecular complexity index is 457. The molecular formula is C16H25F2N3O. The van der Waals surface area contributed by atoms with E-state index in [0.717, 1.165) is 50.3 Å². The molecule has 1 unspecified atom stereocenters. The van der Waals surface area contributed by atoms with Crippen molar-refractivity contribution < 1.29 is 13.5 Å². The number of halogens is 2. The Labute approximate surface area is 130 Å². The van der Waals surface area contributed by atoms with E-state index in [1.165, 1.54) is 19.1 Å². The minimum absolute atomic E-state index is 0.190. The first kappa shape index (κ1) is 17.1. The highest BCUT2D eigenvalue weighted by molar-refractivity contribution is 5.46. The van der Waals surface area contributed by atoms with Gasteiger partial charge in [0, 0.05) is 25.9 Å². The molecular weight excluding hydrogens is 288 g/mol. The van der Waals surface area contributed by atoms with E-state index in [9.17, 15) is 8.78 Å². The zero-order valence-corrected chi connectivity index (χ0v) is 13.1. The highest BCUT2D eigenvalue weighted by atomic mass is 19.3. The molecule has 1 aromatic heterocycles. The van der Waals surface area contributed by atoms with Gasteiger partial charge in [0.15, 0.2) is 0 Å². The van der Waals surface area contributed by atoms with Crippen molar-refractivity contribution in [3.8, 4) is 0 Å². The van der Waals surface area contributed by atoms with Crippen molar-refractivity contribution in [3.05, 3.63) is 23.4 Å². The van der Waals surface area contributed by atoms with Crippen LogP contribution in [0.4, 0.5) is 14.6 Å². The standard InChI is InChI=1S/C16H25F2N3O/c1-22-14(15(17)18)11-19-9-3-2-6-13-8-7-12-5-4-10-20-16(12)21-13/h7-8,14-15,19H,2-6,9-11H2,1H3,(H,20,21). The molecule has 0 saturated carbocycles. The van der Waals surface area contributed by atoms with Crippen LogP contribution < -0.4 is 10.6 Å². The van der Waals surface area contributed by atoms with Crippen molar-refractivity contribution in [2.24, 2.45) is 0 Å². The van der Waals surface area contributed by atoms with Gasteiger partial charge in [0.25, 0.3) is 6.43 Å². The van der Waals surface area contributed by atoms with Gasteiger partial charge < -0.3 is 15.4 Å². The summed E-state index contributed by atoms with van der Waals surface area (Å²) in [5, 5.41) is 6.35. The number of methoxy groups -OCH3 is 1. The van der Waals surface area contributed by atoms with Crippen molar-refractivity contribution in [1.82, 2.24) is 10.3 Å². The zero-order valence-electron chi connectivity index (χ0n) is 13.1. The molecule has 0 aromatic carbocycles. The third-order valence-corrected chi connectivity index (χ3v) is 3.92. The van der Waals surface area contributed by atoms with Gasteiger partial charge in [-0.3, -0.25) is 0 Å². The van der Waals surface area contributed by atoms with Gasteiger partial charge in [-0.05, 0) is 50.3 Å². The number of pyridine rings is 1. The molecule has 0 bridgehead atoms. The molecule has 6 heteroatoms. The first-order valence-corrected chi connectivity index (χ1v) is 7.95. The average Bonchev–Trinajstić information content (AvgIpc) is 2.53. The fraction of sp³-hybridized carbons (Fsp3) is 0.688. The van der Waals surface area contributed by atoms with E-state index in [2.05, 4.69) is 27.8 Å². The lowest BCUT2D eigenvalue weighted by Gasteiger charge is -2.17. The molecule has 1 aliphatic heterocycles. The molecule has 0 aliphatic carbocycles. The van der Waals surface area contributed by atoms with Gasteiger partial charge in [0.05, 0.1) is 0 Å². The number of hydrogen-bond donors (Lipinski definition) is 2. The lowest BCUT2D eigenvalue weighted by Crippen LogP contribution is -2.34. The molecule has 0 fully saturated rings. The largest absolute Gasteiger partial charge is 0.374 e. The van der Waals surface area contributed by atoms with Crippen molar-refractivity contribution >= 4 is 5.82 Å². The second-order valence-corrected chi connectivity index (χ2v) is 5.61. The number of fused-ring (bicyclic) bond motifs is 1. The van der Waals surface area contributed by atoms with Gasteiger partial charge in [-0.25, -0.2) is 13.8 Å². The molecule has 2 N–H and O–H groups in total. The van der Waals surface area contributed by atoms with E-state index in [1.807, 2.05) is 0 Å².